The minimum absolute atomic E-state index is 0.361. The number of sulfonamides is 1. The maximum absolute atomic E-state index is 13.0. The van der Waals surface area contributed by atoms with Gasteiger partial charge in [-0.2, -0.15) is 4.31 Å². The molecule has 140 valence electrons. The normalized spacial score (nSPS) is 16.5. The molecule has 0 unspecified atom stereocenters. The lowest BCUT2D eigenvalue weighted by atomic mass is 9.91. The number of hydrogen-bond acceptors (Lipinski definition) is 3. The molecule has 1 heterocycles. The van der Waals surface area contributed by atoms with E-state index in [1.807, 2.05) is 19.9 Å². The topological polar surface area (TPSA) is 46.6 Å². The Morgan fingerprint density at radius 2 is 1.77 bits per heavy atom. The molecule has 0 spiro atoms. The molecular formula is C21H27NO3S. The molecule has 1 saturated heterocycles. The van der Waals surface area contributed by atoms with Crippen molar-refractivity contribution in [2.75, 3.05) is 19.7 Å². The summed E-state index contributed by atoms with van der Waals surface area (Å²) in [7, 11) is -3.43. The summed E-state index contributed by atoms with van der Waals surface area (Å²) in [6.45, 7) is 5.56. The van der Waals surface area contributed by atoms with Crippen LogP contribution in [0.25, 0.3) is 0 Å². The second kappa shape index (κ2) is 8.23. The second-order valence-electron chi connectivity index (χ2n) is 6.90. The van der Waals surface area contributed by atoms with Gasteiger partial charge in [0.25, 0.3) is 0 Å². The largest absolute Gasteiger partial charge is 0.494 e. The highest BCUT2D eigenvalue weighted by Gasteiger charge is 2.29. The van der Waals surface area contributed by atoms with E-state index in [1.54, 1.807) is 22.5 Å². The van der Waals surface area contributed by atoms with Gasteiger partial charge >= 0.3 is 0 Å². The summed E-state index contributed by atoms with van der Waals surface area (Å²) >= 11 is 0. The predicted molar refractivity (Wildman–Crippen MR) is 104 cm³/mol. The van der Waals surface area contributed by atoms with Crippen LogP contribution in [0.5, 0.6) is 5.75 Å². The van der Waals surface area contributed by atoms with Crippen molar-refractivity contribution >= 4 is 10.0 Å². The quantitative estimate of drug-likeness (QED) is 0.768. The van der Waals surface area contributed by atoms with E-state index in [9.17, 15) is 8.42 Å². The smallest absolute Gasteiger partial charge is 0.243 e. The minimum atomic E-state index is -3.43. The molecule has 2 aromatic carbocycles. The maximum atomic E-state index is 13.0. The van der Waals surface area contributed by atoms with E-state index in [0.717, 1.165) is 30.6 Å². The predicted octanol–water partition coefficient (Wildman–Crippen LogP) is 4.04. The number of rotatable bonds is 6. The first-order valence-corrected chi connectivity index (χ1v) is 10.7. The molecular weight excluding hydrogens is 346 g/mol. The number of benzene rings is 2. The summed E-state index contributed by atoms with van der Waals surface area (Å²) < 4.78 is 33.1. The molecule has 0 aliphatic carbocycles. The third-order valence-electron chi connectivity index (χ3n) is 5.02. The molecule has 2 aromatic rings. The molecule has 26 heavy (non-hydrogen) atoms. The highest BCUT2D eigenvalue weighted by atomic mass is 32.2. The molecule has 1 fully saturated rings. The fourth-order valence-electron chi connectivity index (χ4n) is 3.55. The number of hydrogen-bond donors (Lipinski definition) is 0. The van der Waals surface area contributed by atoms with Crippen LogP contribution >= 0.6 is 0 Å². The van der Waals surface area contributed by atoms with Crippen molar-refractivity contribution in [3.8, 4) is 5.75 Å². The fraction of sp³-hybridized carbons (Fsp3) is 0.429. The van der Waals surface area contributed by atoms with Crippen LogP contribution in [-0.4, -0.2) is 32.4 Å². The van der Waals surface area contributed by atoms with Crippen molar-refractivity contribution in [3.63, 3.8) is 0 Å². The van der Waals surface area contributed by atoms with Gasteiger partial charge in [0.1, 0.15) is 5.75 Å². The van der Waals surface area contributed by atoms with Gasteiger partial charge in [0.15, 0.2) is 0 Å². The Hall–Kier alpha value is -1.85. The Balaban J connectivity index is 1.65. The molecule has 0 N–H and O–H groups in total. The summed E-state index contributed by atoms with van der Waals surface area (Å²) in [5.74, 6) is 1.29. The Kier molecular flexibility index (Phi) is 5.99. The van der Waals surface area contributed by atoms with Gasteiger partial charge < -0.3 is 4.74 Å². The minimum Gasteiger partial charge on any atom is -0.494 e. The standard InChI is InChI=1S/C21H27NO3S/c1-3-25-21-10-9-20(15-17(21)2)26(23,24)22-13-11-19(12-14-22)16-18-7-5-4-6-8-18/h4-10,15,19H,3,11-14,16H2,1-2H3. The van der Waals surface area contributed by atoms with Gasteiger partial charge in [0, 0.05) is 13.1 Å². The Morgan fingerprint density at radius 1 is 1.08 bits per heavy atom. The van der Waals surface area contributed by atoms with Crippen LogP contribution < -0.4 is 4.74 Å². The molecule has 5 heteroatoms. The van der Waals surface area contributed by atoms with Crippen LogP contribution in [0.4, 0.5) is 0 Å². The number of piperidine rings is 1. The summed E-state index contributed by atoms with van der Waals surface area (Å²) in [6.07, 6.45) is 2.84. The average molecular weight is 374 g/mol. The summed E-state index contributed by atoms with van der Waals surface area (Å²) in [4.78, 5) is 0.361. The summed E-state index contributed by atoms with van der Waals surface area (Å²) in [5.41, 5.74) is 2.18. The van der Waals surface area contributed by atoms with E-state index in [2.05, 4.69) is 24.3 Å². The zero-order chi connectivity index (χ0) is 18.6. The lowest BCUT2D eigenvalue weighted by molar-refractivity contribution is 0.273. The average Bonchev–Trinajstić information content (AvgIpc) is 2.65. The first kappa shape index (κ1) is 18.9. The van der Waals surface area contributed by atoms with Crippen molar-refractivity contribution in [2.24, 2.45) is 5.92 Å². The number of ether oxygens (including phenoxy) is 1. The highest BCUT2D eigenvalue weighted by molar-refractivity contribution is 7.89. The van der Waals surface area contributed by atoms with Crippen LogP contribution in [0, 0.1) is 12.8 Å². The van der Waals surface area contributed by atoms with Crippen molar-refractivity contribution in [2.45, 2.75) is 38.0 Å². The van der Waals surface area contributed by atoms with E-state index in [4.69, 9.17) is 4.74 Å². The van der Waals surface area contributed by atoms with E-state index in [0.29, 0.717) is 30.5 Å². The molecule has 0 aromatic heterocycles. The SMILES string of the molecule is CCOc1ccc(S(=O)(=O)N2CCC(Cc3ccccc3)CC2)cc1C. The first-order chi connectivity index (χ1) is 12.5. The second-order valence-corrected chi connectivity index (χ2v) is 8.84. The monoisotopic (exact) mass is 373 g/mol. The Labute approximate surface area is 156 Å². The maximum Gasteiger partial charge on any atom is 0.243 e. The number of nitrogens with zero attached hydrogens (tertiary/aromatic N) is 1. The summed E-state index contributed by atoms with van der Waals surface area (Å²) in [5, 5.41) is 0. The van der Waals surface area contributed by atoms with Crippen LogP contribution in [0.3, 0.4) is 0 Å². The van der Waals surface area contributed by atoms with Crippen molar-refractivity contribution in [3.05, 3.63) is 59.7 Å². The van der Waals surface area contributed by atoms with Gasteiger partial charge in [-0.3, -0.25) is 0 Å². The van der Waals surface area contributed by atoms with E-state index >= 15 is 0 Å². The van der Waals surface area contributed by atoms with Gasteiger partial charge in [-0.05, 0) is 68.4 Å². The van der Waals surface area contributed by atoms with Gasteiger partial charge in [-0.1, -0.05) is 30.3 Å². The molecule has 0 amide bonds. The van der Waals surface area contributed by atoms with Gasteiger partial charge in [0.2, 0.25) is 10.0 Å². The fourth-order valence-corrected chi connectivity index (χ4v) is 5.11. The molecule has 1 aliphatic heterocycles. The van der Waals surface area contributed by atoms with Gasteiger partial charge in [-0.15, -0.1) is 0 Å². The van der Waals surface area contributed by atoms with Crippen LogP contribution in [-0.2, 0) is 16.4 Å². The lowest BCUT2D eigenvalue weighted by Gasteiger charge is -2.31. The zero-order valence-corrected chi connectivity index (χ0v) is 16.3. The van der Waals surface area contributed by atoms with Crippen LogP contribution in [0.1, 0.15) is 30.9 Å². The van der Waals surface area contributed by atoms with E-state index in [1.165, 1.54) is 5.56 Å². The molecule has 4 nitrogen and oxygen atoms in total. The van der Waals surface area contributed by atoms with Crippen molar-refractivity contribution < 1.29 is 13.2 Å². The van der Waals surface area contributed by atoms with Crippen molar-refractivity contribution in [1.82, 2.24) is 4.31 Å². The molecule has 1 aliphatic rings. The third kappa shape index (κ3) is 4.27. The third-order valence-corrected chi connectivity index (χ3v) is 6.92. The van der Waals surface area contributed by atoms with Gasteiger partial charge in [0.05, 0.1) is 11.5 Å². The Morgan fingerprint density at radius 3 is 2.38 bits per heavy atom. The first-order valence-electron chi connectivity index (χ1n) is 9.28. The van der Waals surface area contributed by atoms with Gasteiger partial charge in [-0.25, -0.2) is 8.42 Å². The summed E-state index contributed by atoms with van der Waals surface area (Å²) in [6, 6.07) is 15.6. The van der Waals surface area contributed by atoms with Crippen LogP contribution in [0.2, 0.25) is 0 Å². The number of aryl methyl sites for hydroxylation is 1. The highest BCUT2D eigenvalue weighted by Crippen LogP contribution is 2.28. The molecule has 0 radical (unpaired) electrons. The molecule has 0 bridgehead atoms. The molecule has 0 saturated carbocycles. The van der Waals surface area contributed by atoms with E-state index < -0.39 is 10.0 Å². The molecule has 3 rings (SSSR count). The Bertz CT molecular complexity index is 826. The van der Waals surface area contributed by atoms with Crippen molar-refractivity contribution in [1.29, 1.82) is 0 Å². The van der Waals surface area contributed by atoms with Crippen LogP contribution in [0.15, 0.2) is 53.4 Å². The zero-order valence-electron chi connectivity index (χ0n) is 15.5. The molecule has 0 atom stereocenters. The van der Waals surface area contributed by atoms with E-state index in [-0.39, 0.29) is 0 Å². The lowest BCUT2D eigenvalue weighted by Crippen LogP contribution is -2.38.